The lowest BCUT2D eigenvalue weighted by atomic mass is 10.0. The van der Waals surface area contributed by atoms with Gasteiger partial charge in [-0.1, -0.05) is 30.4 Å². The predicted molar refractivity (Wildman–Crippen MR) is 75.7 cm³/mol. The van der Waals surface area contributed by atoms with E-state index in [0.717, 1.165) is 16.5 Å². The number of benzene rings is 1. The van der Waals surface area contributed by atoms with Crippen LogP contribution in [0.25, 0.3) is 16.5 Å². The van der Waals surface area contributed by atoms with Crippen LogP contribution in [0.5, 0.6) is 0 Å². The molecule has 0 unspecified atom stereocenters. The van der Waals surface area contributed by atoms with Crippen molar-refractivity contribution in [2.45, 2.75) is 20.8 Å². The third kappa shape index (κ3) is 2.28. The first kappa shape index (κ1) is 12.4. The predicted octanol–water partition coefficient (Wildman–Crippen LogP) is 4.08. The van der Waals surface area contributed by atoms with Crippen molar-refractivity contribution < 1.29 is 4.42 Å². The summed E-state index contributed by atoms with van der Waals surface area (Å²) in [4.78, 5) is 12.0. The van der Waals surface area contributed by atoms with E-state index in [4.69, 9.17) is 4.42 Å². The molecular formula is C16H16O2. The van der Waals surface area contributed by atoms with Crippen LogP contribution in [-0.4, -0.2) is 0 Å². The maximum atomic E-state index is 12.0. The van der Waals surface area contributed by atoms with Gasteiger partial charge in [0.1, 0.15) is 5.58 Å². The lowest BCUT2D eigenvalue weighted by Gasteiger charge is -2.03. The van der Waals surface area contributed by atoms with Gasteiger partial charge in [-0.3, -0.25) is 0 Å². The first-order valence-corrected chi connectivity index (χ1v) is 5.99. The quantitative estimate of drug-likeness (QED) is 0.585. The van der Waals surface area contributed by atoms with Crippen molar-refractivity contribution in [2.75, 3.05) is 0 Å². The lowest BCUT2D eigenvalue weighted by molar-refractivity contribution is 0.558. The number of rotatable bonds is 2. The molecule has 0 saturated carbocycles. The van der Waals surface area contributed by atoms with Crippen molar-refractivity contribution in [1.82, 2.24) is 0 Å². The number of aryl methyl sites for hydroxylation is 1. The summed E-state index contributed by atoms with van der Waals surface area (Å²) in [6, 6.07) is 7.75. The van der Waals surface area contributed by atoms with Gasteiger partial charge in [-0.05, 0) is 44.0 Å². The highest BCUT2D eigenvalue weighted by Gasteiger charge is 2.07. The van der Waals surface area contributed by atoms with Crippen molar-refractivity contribution in [3.8, 4) is 0 Å². The van der Waals surface area contributed by atoms with Crippen molar-refractivity contribution in [2.24, 2.45) is 0 Å². The van der Waals surface area contributed by atoms with Crippen LogP contribution in [0, 0.1) is 6.92 Å². The van der Waals surface area contributed by atoms with Crippen molar-refractivity contribution in [3.63, 3.8) is 0 Å². The molecule has 0 saturated heterocycles. The standard InChI is InChI=1S/C16H16O2/c1-4-6-12(5-2)14-10-13-8-7-11(3)9-15(13)18-16(14)17/h4-10H,1-3H3/b6-4-,12-5+. The molecule has 0 atom stereocenters. The van der Waals surface area contributed by atoms with Crippen LogP contribution >= 0.6 is 0 Å². The molecule has 2 rings (SSSR count). The third-order valence-electron chi connectivity index (χ3n) is 2.86. The van der Waals surface area contributed by atoms with Gasteiger partial charge in [-0.15, -0.1) is 0 Å². The molecular weight excluding hydrogens is 224 g/mol. The Morgan fingerprint density at radius 2 is 2.00 bits per heavy atom. The Morgan fingerprint density at radius 3 is 2.67 bits per heavy atom. The zero-order valence-corrected chi connectivity index (χ0v) is 10.9. The molecule has 0 aliphatic heterocycles. The summed E-state index contributed by atoms with van der Waals surface area (Å²) in [7, 11) is 0. The maximum absolute atomic E-state index is 12.0. The monoisotopic (exact) mass is 240 g/mol. The average molecular weight is 240 g/mol. The molecule has 2 nitrogen and oxygen atoms in total. The van der Waals surface area contributed by atoms with Gasteiger partial charge in [0.25, 0.3) is 0 Å². The normalized spacial score (nSPS) is 12.5. The van der Waals surface area contributed by atoms with Crippen LogP contribution in [0.2, 0.25) is 0 Å². The first-order valence-electron chi connectivity index (χ1n) is 5.99. The summed E-state index contributed by atoms with van der Waals surface area (Å²) in [5.41, 5.74) is 2.91. The Balaban J connectivity index is 2.70. The molecule has 0 spiro atoms. The summed E-state index contributed by atoms with van der Waals surface area (Å²) in [6.45, 7) is 5.81. The Morgan fingerprint density at radius 1 is 1.22 bits per heavy atom. The largest absolute Gasteiger partial charge is 0.422 e. The van der Waals surface area contributed by atoms with Gasteiger partial charge in [0.15, 0.2) is 0 Å². The van der Waals surface area contributed by atoms with Gasteiger partial charge in [0.2, 0.25) is 0 Å². The molecule has 2 aromatic rings. The van der Waals surface area contributed by atoms with E-state index in [1.54, 1.807) is 0 Å². The van der Waals surface area contributed by atoms with E-state index in [1.807, 2.05) is 63.3 Å². The van der Waals surface area contributed by atoms with E-state index >= 15 is 0 Å². The Kier molecular flexibility index (Phi) is 3.47. The van der Waals surface area contributed by atoms with Crippen molar-refractivity contribution >= 4 is 16.5 Å². The topological polar surface area (TPSA) is 30.2 Å². The van der Waals surface area contributed by atoms with E-state index in [9.17, 15) is 4.79 Å². The van der Waals surface area contributed by atoms with Gasteiger partial charge in [-0.25, -0.2) is 4.79 Å². The summed E-state index contributed by atoms with van der Waals surface area (Å²) in [6.07, 6.45) is 5.73. The maximum Gasteiger partial charge on any atom is 0.344 e. The molecule has 92 valence electrons. The fourth-order valence-corrected chi connectivity index (χ4v) is 1.94. The third-order valence-corrected chi connectivity index (χ3v) is 2.86. The van der Waals surface area contributed by atoms with E-state index in [0.29, 0.717) is 11.1 Å². The molecule has 0 aliphatic carbocycles. The van der Waals surface area contributed by atoms with Crippen LogP contribution in [0.3, 0.4) is 0 Å². The molecule has 0 N–H and O–H groups in total. The smallest absolute Gasteiger partial charge is 0.344 e. The van der Waals surface area contributed by atoms with Crippen LogP contribution in [-0.2, 0) is 0 Å². The molecule has 0 radical (unpaired) electrons. The van der Waals surface area contributed by atoms with Gasteiger partial charge in [0, 0.05) is 5.39 Å². The zero-order valence-electron chi connectivity index (χ0n) is 10.9. The van der Waals surface area contributed by atoms with Gasteiger partial charge in [0.05, 0.1) is 5.56 Å². The summed E-state index contributed by atoms with van der Waals surface area (Å²) in [5.74, 6) is 0. The zero-order chi connectivity index (χ0) is 13.1. The first-order chi connectivity index (χ1) is 8.65. The Labute approximate surface area is 106 Å². The number of allylic oxidation sites excluding steroid dienone is 4. The molecule has 1 aromatic carbocycles. The van der Waals surface area contributed by atoms with E-state index in [-0.39, 0.29) is 5.63 Å². The number of hydrogen-bond donors (Lipinski definition) is 0. The van der Waals surface area contributed by atoms with Gasteiger partial charge in [-0.2, -0.15) is 0 Å². The lowest BCUT2D eigenvalue weighted by Crippen LogP contribution is -2.05. The molecule has 1 aromatic heterocycles. The molecule has 0 amide bonds. The van der Waals surface area contributed by atoms with E-state index in [2.05, 4.69) is 0 Å². The van der Waals surface area contributed by atoms with Crippen molar-refractivity contribution in [3.05, 3.63) is 64.0 Å². The second-order valence-corrected chi connectivity index (χ2v) is 4.23. The minimum absolute atomic E-state index is 0.292. The van der Waals surface area contributed by atoms with Crippen LogP contribution in [0.15, 0.2) is 51.7 Å². The molecule has 2 heteroatoms. The Bertz CT molecular complexity index is 688. The molecule has 0 fully saturated rings. The number of fused-ring (bicyclic) bond motifs is 1. The molecule has 0 aliphatic rings. The van der Waals surface area contributed by atoms with Crippen LogP contribution < -0.4 is 5.63 Å². The highest BCUT2D eigenvalue weighted by molar-refractivity contribution is 5.83. The number of hydrogen-bond acceptors (Lipinski definition) is 2. The second kappa shape index (κ2) is 5.05. The highest BCUT2D eigenvalue weighted by Crippen LogP contribution is 2.19. The minimum atomic E-state index is -0.292. The summed E-state index contributed by atoms with van der Waals surface area (Å²) >= 11 is 0. The molecule has 18 heavy (non-hydrogen) atoms. The summed E-state index contributed by atoms with van der Waals surface area (Å²) in [5, 5.41) is 0.944. The van der Waals surface area contributed by atoms with Gasteiger partial charge < -0.3 is 4.42 Å². The molecule has 1 heterocycles. The second-order valence-electron chi connectivity index (χ2n) is 4.23. The highest BCUT2D eigenvalue weighted by atomic mass is 16.4. The SMILES string of the molecule is C/C=C\C(=C/C)c1cc2ccc(C)cc2oc1=O. The Hall–Kier alpha value is -2.09. The summed E-state index contributed by atoms with van der Waals surface area (Å²) < 4.78 is 5.37. The minimum Gasteiger partial charge on any atom is -0.422 e. The van der Waals surface area contributed by atoms with Crippen LogP contribution in [0.1, 0.15) is 25.0 Å². The van der Waals surface area contributed by atoms with E-state index < -0.39 is 0 Å². The van der Waals surface area contributed by atoms with E-state index in [1.165, 1.54) is 0 Å². The average Bonchev–Trinajstić information content (AvgIpc) is 2.35. The van der Waals surface area contributed by atoms with Gasteiger partial charge >= 0.3 is 5.63 Å². The fourth-order valence-electron chi connectivity index (χ4n) is 1.94. The molecule has 0 bridgehead atoms. The fraction of sp³-hybridized carbons (Fsp3) is 0.188. The van der Waals surface area contributed by atoms with Crippen LogP contribution in [0.4, 0.5) is 0 Å². The van der Waals surface area contributed by atoms with Crippen molar-refractivity contribution in [1.29, 1.82) is 0 Å².